The highest BCUT2D eigenvalue weighted by atomic mass is 79.9. The van der Waals surface area contributed by atoms with E-state index in [-0.39, 0.29) is 12.0 Å². The van der Waals surface area contributed by atoms with Crippen molar-refractivity contribution in [1.29, 1.82) is 0 Å². The Morgan fingerprint density at radius 1 is 1.53 bits per heavy atom. The Labute approximate surface area is 110 Å². The molecule has 1 heterocycles. The molecule has 0 aliphatic carbocycles. The van der Waals surface area contributed by atoms with Crippen molar-refractivity contribution in [1.82, 2.24) is 5.32 Å². The van der Waals surface area contributed by atoms with Gasteiger partial charge in [-0.2, -0.15) is 0 Å². The van der Waals surface area contributed by atoms with Gasteiger partial charge in [-0.05, 0) is 40.4 Å². The topological polar surface area (TPSA) is 51.5 Å². The average Bonchev–Trinajstić information content (AvgIpc) is 2.68. The summed E-state index contributed by atoms with van der Waals surface area (Å²) in [5, 5.41) is 3.14. The Hall–Kier alpha value is -0.810. The van der Waals surface area contributed by atoms with Crippen LogP contribution in [0.25, 0.3) is 0 Å². The second kappa shape index (κ2) is 6.81. The van der Waals surface area contributed by atoms with E-state index in [4.69, 9.17) is 9.15 Å². The molecule has 96 valence electrons. The standard InChI is InChI=1S/C12H18BrNO3/c1-8(2)6-10(12(15)16-3)14-7-9-4-5-11(13)17-9/h4-5,8,10,14H,6-7H2,1-3H3. The smallest absolute Gasteiger partial charge is 0.322 e. The molecule has 0 amide bonds. The zero-order valence-electron chi connectivity index (χ0n) is 10.3. The quantitative estimate of drug-likeness (QED) is 0.821. The number of methoxy groups -OCH3 is 1. The van der Waals surface area contributed by atoms with E-state index >= 15 is 0 Å². The number of carbonyl (C=O) groups excluding carboxylic acids is 1. The summed E-state index contributed by atoms with van der Waals surface area (Å²) in [6.45, 7) is 4.65. The molecule has 0 bridgehead atoms. The van der Waals surface area contributed by atoms with Crippen LogP contribution in [-0.2, 0) is 16.1 Å². The Balaban J connectivity index is 2.51. The van der Waals surface area contributed by atoms with E-state index in [0.717, 1.165) is 12.2 Å². The molecule has 1 N–H and O–H groups in total. The monoisotopic (exact) mass is 303 g/mol. The molecule has 1 aromatic heterocycles. The van der Waals surface area contributed by atoms with Crippen LogP contribution < -0.4 is 5.32 Å². The number of hydrogen-bond donors (Lipinski definition) is 1. The van der Waals surface area contributed by atoms with Gasteiger partial charge in [-0.3, -0.25) is 10.1 Å². The van der Waals surface area contributed by atoms with Crippen molar-refractivity contribution in [2.45, 2.75) is 32.9 Å². The van der Waals surface area contributed by atoms with Gasteiger partial charge in [-0.25, -0.2) is 0 Å². The minimum absolute atomic E-state index is 0.232. The number of hydrogen-bond acceptors (Lipinski definition) is 4. The molecule has 0 radical (unpaired) electrons. The zero-order valence-corrected chi connectivity index (χ0v) is 11.9. The minimum Gasteiger partial charge on any atom is -0.468 e. The number of esters is 1. The molecule has 0 aromatic carbocycles. The van der Waals surface area contributed by atoms with Crippen molar-refractivity contribution in [3.63, 3.8) is 0 Å². The van der Waals surface area contributed by atoms with Gasteiger partial charge in [0.2, 0.25) is 0 Å². The van der Waals surface area contributed by atoms with Crippen LogP contribution in [0, 0.1) is 5.92 Å². The van der Waals surface area contributed by atoms with Gasteiger partial charge in [0, 0.05) is 0 Å². The number of halogens is 1. The first-order chi connectivity index (χ1) is 8.02. The lowest BCUT2D eigenvalue weighted by atomic mass is 10.0. The molecule has 1 atom stereocenters. The number of carbonyl (C=O) groups is 1. The zero-order chi connectivity index (χ0) is 12.8. The van der Waals surface area contributed by atoms with Crippen LogP contribution in [0.4, 0.5) is 0 Å². The first kappa shape index (κ1) is 14.3. The second-order valence-electron chi connectivity index (χ2n) is 4.29. The highest BCUT2D eigenvalue weighted by Gasteiger charge is 2.20. The lowest BCUT2D eigenvalue weighted by Gasteiger charge is -2.17. The summed E-state index contributed by atoms with van der Waals surface area (Å²) < 4.78 is 10.8. The van der Waals surface area contributed by atoms with Crippen molar-refractivity contribution in [2.75, 3.05) is 7.11 Å². The van der Waals surface area contributed by atoms with Crippen LogP contribution in [0.2, 0.25) is 0 Å². The Morgan fingerprint density at radius 2 is 2.24 bits per heavy atom. The van der Waals surface area contributed by atoms with Gasteiger partial charge in [0.15, 0.2) is 4.67 Å². The van der Waals surface area contributed by atoms with E-state index in [1.807, 2.05) is 12.1 Å². The van der Waals surface area contributed by atoms with E-state index in [0.29, 0.717) is 17.1 Å². The minimum atomic E-state index is -0.288. The molecule has 4 nitrogen and oxygen atoms in total. The molecule has 0 saturated carbocycles. The van der Waals surface area contributed by atoms with E-state index in [9.17, 15) is 4.79 Å². The van der Waals surface area contributed by atoms with Crippen LogP contribution in [0.15, 0.2) is 21.2 Å². The predicted octanol–water partition coefficient (Wildman–Crippen LogP) is 2.72. The highest BCUT2D eigenvalue weighted by Crippen LogP contribution is 2.14. The molecule has 17 heavy (non-hydrogen) atoms. The first-order valence-corrected chi connectivity index (χ1v) is 6.37. The van der Waals surface area contributed by atoms with Gasteiger partial charge in [0.1, 0.15) is 11.8 Å². The van der Waals surface area contributed by atoms with Crippen LogP contribution in [0.3, 0.4) is 0 Å². The molecule has 0 aliphatic rings. The van der Waals surface area contributed by atoms with Crippen molar-refractivity contribution in [3.05, 3.63) is 22.6 Å². The number of ether oxygens (including phenoxy) is 1. The second-order valence-corrected chi connectivity index (χ2v) is 5.07. The van der Waals surface area contributed by atoms with Crippen LogP contribution in [0.1, 0.15) is 26.0 Å². The van der Waals surface area contributed by atoms with Gasteiger partial charge in [0.25, 0.3) is 0 Å². The summed E-state index contributed by atoms with van der Waals surface area (Å²) in [6, 6.07) is 3.40. The van der Waals surface area contributed by atoms with Crippen molar-refractivity contribution < 1.29 is 13.9 Å². The third-order valence-electron chi connectivity index (χ3n) is 2.34. The Morgan fingerprint density at radius 3 is 2.71 bits per heavy atom. The fourth-order valence-corrected chi connectivity index (χ4v) is 1.89. The summed E-state index contributed by atoms with van der Waals surface area (Å²) in [6.07, 6.45) is 0.745. The largest absolute Gasteiger partial charge is 0.468 e. The molecular weight excluding hydrogens is 286 g/mol. The normalized spacial score (nSPS) is 12.8. The number of rotatable bonds is 6. The van der Waals surface area contributed by atoms with Gasteiger partial charge in [0.05, 0.1) is 13.7 Å². The summed E-state index contributed by atoms with van der Waals surface area (Å²) in [7, 11) is 1.40. The summed E-state index contributed by atoms with van der Waals surface area (Å²) in [5.41, 5.74) is 0. The van der Waals surface area contributed by atoms with Crippen molar-refractivity contribution in [2.24, 2.45) is 5.92 Å². The lowest BCUT2D eigenvalue weighted by Crippen LogP contribution is -2.38. The summed E-state index contributed by atoms with van der Waals surface area (Å²) in [4.78, 5) is 11.5. The molecule has 0 spiro atoms. The van der Waals surface area contributed by atoms with E-state index in [1.165, 1.54) is 7.11 Å². The third-order valence-corrected chi connectivity index (χ3v) is 2.77. The molecule has 1 aromatic rings. The third kappa shape index (κ3) is 4.91. The lowest BCUT2D eigenvalue weighted by molar-refractivity contribution is -0.143. The van der Waals surface area contributed by atoms with E-state index in [1.54, 1.807) is 0 Å². The van der Waals surface area contributed by atoms with Gasteiger partial charge < -0.3 is 9.15 Å². The molecule has 5 heteroatoms. The van der Waals surface area contributed by atoms with Crippen LogP contribution in [0.5, 0.6) is 0 Å². The summed E-state index contributed by atoms with van der Waals surface area (Å²) in [5.74, 6) is 0.980. The average molecular weight is 304 g/mol. The highest BCUT2D eigenvalue weighted by molar-refractivity contribution is 9.10. The SMILES string of the molecule is COC(=O)C(CC(C)C)NCc1ccc(Br)o1. The maximum Gasteiger partial charge on any atom is 0.322 e. The number of furan rings is 1. The van der Waals surface area contributed by atoms with Gasteiger partial charge >= 0.3 is 5.97 Å². The summed E-state index contributed by atoms with van der Waals surface area (Å²) >= 11 is 3.24. The van der Waals surface area contributed by atoms with Crippen molar-refractivity contribution in [3.8, 4) is 0 Å². The van der Waals surface area contributed by atoms with Crippen LogP contribution in [-0.4, -0.2) is 19.1 Å². The molecule has 0 fully saturated rings. The van der Waals surface area contributed by atoms with Crippen LogP contribution >= 0.6 is 15.9 Å². The molecule has 1 unspecified atom stereocenters. The van der Waals surface area contributed by atoms with E-state index in [2.05, 4.69) is 35.1 Å². The molecule has 1 rings (SSSR count). The van der Waals surface area contributed by atoms with Crippen molar-refractivity contribution >= 4 is 21.9 Å². The number of nitrogens with one attached hydrogen (secondary N) is 1. The molecular formula is C12H18BrNO3. The van der Waals surface area contributed by atoms with Gasteiger partial charge in [-0.15, -0.1) is 0 Å². The fourth-order valence-electron chi connectivity index (χ4n) is 1.55. The first-order valence-electron chi connectivity index (χ1n) is 5.58. The molecule has 0 aliphatic heterocycles. The maximum absolute atomic E-state index is 11.5. The van der Waals surface area contributed by atoms with E-state index < -0.39 is 0 Å². The fraction of sp³-hybridized carbons (Fsp3) is 0.583. The van der Waals surface area contributed by atoms with Gasteiger partial charge in [-0.1, -0.05) is 13.8 Å². The Bertz CT molecular complexity index is 362. The molecule has 0 saturated heterocycles. The predicted molar refractivity (Wildman–Crippen MR) is 68.5 cm³/mol. The Kier molecular flexibility index (Phi) is 5.71. The maximum atomic E-state index is 11.5.